The van der Waals surface area contributed by atoms with Gasteiger partial charge in [-0.05, 0) is 0 Å². The molecule has 2 saturated heterocycles. The van der Waals surface area contributed by atoms with E-state index in [9.17, 15) is 30.6 Å². The fourth-order valence-electron chi connectivity index (χ4n) is 2.70. The molecular formula is C13H24O11. The molecule has 0 spiro atoms. The van der Waals surface area contributed by atoms with Gasteiger partial charge >= 0.3 is 0 Å². The molecule has 2 aliphatic rings. The van der Waals surface area contributed by atoms with E-state index in [1.807, 2.05) is 0 Å². The molecule has 0 amide bonds. The quantitative estimate of drug-likeness (QED) is 0.251. The van der Waals surface area contributed by atoms with E-state index >= 15 is 0 Å². The summed E-state index contributed by atoms with van der Waals surface area (Å²) in [6.07, 6.45) is -13.9. The van der Waals surface area contributed by atoms with Crippen LogP contribution in [0.3, 0.4) is 0 Å². The summed E-state index contributed by atoms with van der Waals surface area (Å²) in [5, 5.41) is 67.3. The zero-order chi connectivity index (χ0) is 18.0. The number of methoxy groups -OCH3 is 1. The van der Waals surface area contributed by atoms with Crippen molar-refractivity contribution in [3.8, 4) is 0 Å². The lowest BCUT2D eigenvalue weighted by molar-refractivity contribution is -0.328. The molecule has 0 radical (unpaired) electrons. The predicted octanol–water partition coefficient (Wildman–Crippen LogP) is -4.74. The molecule has 11 nitrogen and oxygen atoms in total. The first-order valence-electron chi connectivity index (χ1n) is 7.46. The average Bonchev–Trinajstić information content (AvgIpc) is 2.57. The second-order valence-electron chi connectivity index (χ2n) is 5.78. The van der Waals surface area contributed by atoms with Crippen molar-refractivity contribution in [3.05, 3.63) is 0 Å². The molecule has 2 aliphatic heterocycles. The van der Waals surface area contributed by atoms with Crippen LogP contribution in [0.4, 0.5) is 0 Å². The molecule has 0 aromatic rings. The number of hydrogen-bond donors (Lipinski definition) is 7. The number of rotatable bonds is 5. The Morgan fingerprint density at radius 2 is 1.42 bits per heavy atom. The van der Waals surface area contributed by atoms with Crippen LogP contribution in [-0.4, -0.2) is 117 Å². The lowest BCUT2D eigenvalue weighted by Crippen LogP contribution is -2.61. The van der Waals surface area contributed by atoms with Gasteiger partial charge in [0.25, 0.3) is 0 Å². The van der Waals surface area contributed by atoms with Crippen LogP contribution >= 0.6 is 0 Å². The van der Waals surface area contributed by atoms with Gasteiger partial charge in [0.15, 0.2) is 12.6 Å². The van der Waals surface area contributed by atoms with Gasteiger partial charge in [0.2, 0.25) is 0 Å². The van der Waals surface area contributed by atoms with Crippen LogP contribution in [0, 0.1) is 0 Å². The van der Waals surface area contributed by atoms with Gasteiger partial charge in [-0.1, -0.05) is 0 Å². The monoisotopic (exact) mass is 356 g/mol. The van der Waals surface area contributed by atoms with E-state index < -0.39 is 68.0 Å². The first kappa shape index (κ1) is 19.9. The zero-order valence-corrected chi connectivity index (χ0v) is 13.0. The van der Waals surface area contributed by atoms with E-state index in [1.54, 1.807) is 0 Å². The van der Waals surface area contributed by atoms with Crippen molar-refractivity contribution >= 4 is 0 Å². The molecule has 0 bridgehead atoms. The van der Waals surface area contributed by atoms with Crippen molar-refractivity contribution in [2.75, 3.05) is 20.3 Å². The third kappa shape index (κ3) is 3.86. The van der Waals surface area contributed by atoms with Gasteiger partial charge in [0.1, 0.15) is 48.8 Å². The number of hydrogen-bond acceptors (Lipinski definition) is 11. The van der Waals surface area contributed by atoms with Gasteiger partial charge in [-0.2, -0.15) is 0 Å². The summed E-state index contributed by atoms with van der Waals surface area (Å²) in [7, 11) is 1.26. The van der Waals surface area contributed by atoms with E-state index in [0.29, 0.717) is 0 Å². The van der Waals surface area contributed by atoms with Gasteiger partial charge in [-0.15, -0.1) is 0 Å². The molecule has 0 aromatic heterocycles. The molecule has 0 saturated carbocycles. The topological polar surface area (TPSA) is 179 Å². The van der Waals surface area contributed by atoms with E-state index in [0.717, 1.165) is 0 Å². The van der Waals surface area contributed by atoms with Crippen LogP contribution in [0.25, 0.3) is 0 Å². The highest BCUT2D eigenvalue weighted by Gasteiger charge is 2.47. The summed E-state index contributed by atoms with van der Waals surface area (Å²) in [4.78, 5) is 0. The molecule has 2 fully saturated rings. The van der Waals surface area contributed by atoms with Gasteiger partial charge in [-0.25, -0.2) is 0 Å². The van der Waals surface area contributed by atoms with Crippen LogP contribution in [0.2, 0.25) is 0 Å². The molecule has 2 rings (SSSR count). The summed E-state index contributed by atoms with van der Waals surface area (Å²) >= 11 is 0. The maximum absolute atomic E-state index is 9.98. The Kier molecular flexibility index (Phi) is 6.87. The fourth-order valence-corrected chi connectivity index (χ4v) is 2.70. The predicted molar refractivity (Wildman–Crippen MR) is 73.4 cm³/mol. The van der Waals surface area contributed by atoms with Crippen molar-refractivity contribution in [2.45, 2.75) is 61.4 Å². The first-order valence-corrected chi connectivity index (χ1v) is 7.46. The number of ether oxygens (including phenoxy) is 4. The third-order valence-corrected chi connectivity index (χ3v) is 4.21. The minimum absolute atomic E-state index is 0.381. The molecule has 0 unspecified atom stereocenters. The minimum atomic E-state index is -1.71. The first-order chi connectivity index (χ1) is 11.3. The van der Waals surface area contributed by atoms with Crippen molar-refractivity contribution in [1.82, 2.24) is 0 Å². The van der Waals surface area contributed by atoms with E-state index in [1.165, 1.54) is 7.11 Å². The van der Waals surface area contributed by atoms with Crippen LogP contribution in [0.15, 0.2) is 0 Å². The molecule has 142 valence electrons. The maximum atomic E-state index is 9.98. The van der Waals surface area contributed by atoms with Crippen LogP contribution in [0.1, 0.15) is 0 Å². The lowest BCUT2D eigenvalue weighted by Gasteiger charge is -2.42. The number of aliphatic hydroxyl groups is 7. The second kappa shape index (κ2) is 8.29. The Hall–Kier alpha value is -0.440. The maximum Gasteiger partial charge on any atom is 0.187 e. The molecule has 0 aliphatic carbocycles. The molecular weight excluding hydrogens is 332 g/mol. The average molecular weight is 356 g/mol. The zero-order valence-electron chi connectivity index (χ0n) is 13.0. The largest absolute Gasteiger partial charge is 0.394 e. The normalized spacial score (nSPS) is 50.0. The van der Waals surface area contributed by atoms with Crippen molar-refractivity contribution in [1.29, 1.82) is 0 Å². The molecule has 11 heteroatoms. The number of aliphatic hydroxyl groups excluding tert-OH is 7. The summed E-state index contributed by atoms with van der Waals surface area (Å²) in [5.41, 5.74) is 0. The van der Waals surface area contributed by atoms with Crippen molar-refractivity contribution < 1.29 is 54.7 Å². The van der Waals surface area contributed by atoms with Crippen LogP contribution < -0.4 is 0 Å². The van der Waals surface area contributed by atoms with E-state index in [2.05, 4.69) is 0 Å². The lowest BCUT2D eigenvalue weighted by atomic mass is 9.98. The highest BCUT2D eigenvalue weighted by atomic mass is 16.7. The summed E-state index contributed by atoms with van der Waals surface area (Å²) in [5.74, 6) is 0. The van der Waals surface area contributed by atoms with Gasteiger partial charge in [-0.3, -0.25) is 0 Å². The fraction of sp³-hybridized carbons (Fsp3) is 1.00. The second-order valence-corrected chi connectivity index (χ2v) is 5.78. The van der Waals surface area contributed by atoms with Crippen molar-refractivity contribution in [3.63, 3.8) is 0 Å². The Balaban J connectivity index is 1.98. The molecule has 0 aromatic carbocycles. The van der Waals surface area contributed by atoms with Gasteiger partial charge in [0.05, 0.1) is 13.2 Å². The van der Waals surface area contributed by atoms with Gasteiger partial charge in [0, 0.05) is 7.11 Å². The smallest absolute Gasteiger partial charge is 0.187 e. The standard InChI is InChI=1S/C13H24O11/c1-21-11-9(18)6(15)4(2-14)24-13(11)22-3-5-7(16)8(17)10(19)12(20)23-5/h4-20H,2-3H2,1H3/t4-,5-,6-,7-,8+,9+,10+,11+,12+,13+/m1/s1. The SMILES string of the molecule is CO[C@@H]1[C@@H](OC[C@H]2O[C@H](O)[C@@H](O)[C@@H](O)[C@@H]2O)O[C@H](CO)[C@@H](O)[C@@H]1O. The summed E-state index contributed by atoms with van der Waals surface area (Å²) in [6.45, 7) is -0.950. The molecule has 7 N–H and O–H groups in total. The highest BCUT2D eigenvalue weighted by molar-refractivity contribution is 4.91. The van der Waals surface area contributed by atoms with Crippen molar-refractivity contribution in [2.24, 2.45) is 0 Å². The molecule has 10 atom stereocenters. The third-order valence-electron chi connectivity index (χ3n) is 4.21. The molecule has 24 heavy (non-hydrogen) atoms. The summed E-state index contributed by atoms with van der Waals surface area (Å²) in [6, 6.07) is 0. The minimum Gasteiger partial charge on any atom is -0.394 e. The van der Waals surface area contributed by atoms with Crippen LogP contribution in [-0.2, 0) is 18.9 Å². The van der Waals surface area contributed by atoms with Gasteiger partial charge < -0.3 is 54.7 Å². The van der Waals surface area contributed by atoms with E-state index in [4.69, 9.17) is 24.1 Å². The molecule has 2 heterocycles. The Morgan fingerprint density at radius 1 is 0.792 bits per heavy atom. The summed E-state index contributed by atoms with van der Waals surface area (Å²) < 4.78 is 20.6. The Bertz CT molecular complexity index is 396. The Labute approximate surface area is 137 Å². The highest BCUT2D eigenvalue weighted by Crippen LogP contribution is 2.26. The Morgan fingerprint density at radius 3 is 2.00 bits per heavy atom. The van der Waals surface area contributed by atoms with Crippen LogP contribution in [0.5, 0.6) is 0 Å². The van der Waals surface area contributed by atoms with E-state index in [-0.39, 0.29) is 6.61 Å².